The van der Waals surface area contributed by atoms with Crippen molar-refractivity contribution in [2.75, 3.05) is 13.1 Å². The van der Waals surface area contributed by atoms with E-state index >= 15 is 0 Å². The van der Waals surface area contributed by atoms with E-state index in [9.17, 15) is 14.7 Å². The molecule has 1 fully saturated rings. The lowest BCUT2D eigenvalue weighted by atomic mass is 9.99. The van der Waals surface area contributed by atoms with Gasteiger partial charge in [0.25, 0.3) is 0 Å². The van der Waals surface area contributed by atoms with Crippen LogP contribution in [0.15, 0.2) is 24.3 Å². The number of aryl methyl sites for hydroxylation is 1. The highest BCUT2D eigenvalue weighted by atomic mass is 16.4. The molecule has 128 valence electrons. The van der Waals surface area contributed by atoms with E-state index in [2.05, 4.69) is 6.92 Å². The van der Waals surface area contributed by atoms with Crippen LogP contribution in [-0.4, -0.2) is 39.5 Å². The van der Waals surface area contributed by atoms with Crippen LogP contribution >= 0.6 is 0 Å². The highest BCUT2D eigenvalue weighted by Gasteiger charge is 2.26. The summed E-state index contributed by atoms with van der Waals surface area (Å²) in [6.07, 6.45) is 2.33. The predicted octanol–water partition coefficient (Wildman–Crippen LogP) is 3.16. The summed E-state index contributed by atoms with van der Waals surface area (Å²) in [5.74, 6) is -0.426. The molecule has 1 aliphatic heterocycles. The second-order valence-electron chi connectivity index (χ2n) is 6.66. The second kappa shape index (κ2) is 6.67. The van der Waals surface area contributed by atoms with Crippen LogP contribution in [0.25, 0.3) is 10.9 Å². The van der Waals surface area contributed by atoms with Gasteiger partial charge in [-0.3, -0.25) is 4.79 Å². The number of hydrogen-bond donors (Lipinski definition) is 1. The number of amides is 1. The van der Waals surface area contributed by atoms with Gasteiger partial charge in [-0.05, 0) is 31.7 Å². The second-order valence-corrected chi connectivity index (χ2v) is 6.66. The van der Waals surface area contributed by atoms with Gasteiger partial charge in [0.05, 0.1) is 6.42 Å². The SMILES string of the molecule is CCn1c(C(=O)O)c(CC(=O)N2CCCC(C)C2)c2ccccc21. The Morgan fingerprint density at radius 2 is 2.04 bits per heavy atom. The van der Waals surface area contributed by atoms with Crippen LogP contribution in [0.1, 0.15) is 42.7 Å². The van der Waals surface area contributed by atoms with Crippen LogP contribution < -0.4 is 0 Å². The Kier molecular flexibility index (Phi) is 4.60. The third-order valence-electron chi connectivity index (χ3n) is 4.93. The Balaban J connectivity index is 2.00. The molecule has 1 atom stereocenters. The summed E-state index contributed by atoms with van der Waals surface area (Å²) in [6.45, 7) is 6.20. The number of aromatic nitrogens is 1. The number of carboxylic acids is 1. The lowest BCUT2D eigenvalue weighted by Gasteiger charge is -2.31. The standard InChI is InChI=1S/C19H24N2O3/c1-3-21-16-9-5-4-8-14(16)15(18(21)19(23)24)11-17(22)20-10-6-7-13(2)12-20/h4-5,8-9,13H,3,6-7,10-12H2,1-2H3,(H,23,24). The molecular formula is C19H24N2O3. The quantitative estimate of drug-likeness (QED) is 0.938. The minimum Gasteiger partial charge on any atom is -0.477 e. The van der Waals surface area contributed by atoms with Crippen LogP contribution in [0.3, 0.4) is 0 Å². The number of aromatic carboxylic acids is 1. The first-order valence-electron chi connectivity index (χ1n) is 8.64. The molecule has 1 unspecified atom stereocenters. The van der Waals surface area contributed by atoms with Gasteiger partial charge >= 0.3 is 5.97 Å². The zero-order valence-electron chi connectivity index (χ0n) is 14.3. The fourth-order valence-corrected chi connectivity index (χ4v) is 3.81. The van der Waals surface area contributed by atoms with Gasteiger partial charge in [-0.2, -0.15) is 0 Å². The lowest BCUT2D eigenvalue weighted by Crippen LogP contribution is -2.40. The highest BCUT2D eigenvalue weighted by molar-refractivity contribution is 6.00. The smallest absolute Gasteiger partial charge is 0.352 e. The number of carboxylic acid groups (broad SMARTS) is 1. The predicted molar refractivity (Wildman–Crippen MR) is 93.3 cm³/mol. The van der Waals surface area contributed by atoms with E-state index in [1.807, 2.05) is 36.1 Å². The molecule has 1 N–H and O–H groups in total. The molecule has 2 heterocycles. The van der Waals surface area contributed by atoms with Crippen molar-refractivity contribution < 1.29 is 14.7 Å². The molecule has 0 bridgehead atoms. The van der Waals surface area contributed by atoms with Crippen molar-refractivity contribution in [2.45, 2.75) is 39.7 Å². The molecule has 0 aliphatic carbocycles. The molecule has 24 heavy (non-hydrogen) atoms. The van der Waals surface area contributed by atoms with Crippen LogP contribution in [0.5, 0.6) is 0 Å². The minimum absolute atomic E-state index is 0.0306. The topological polar surface area (TPSA) is 62.5 Å². The fraction of sp³-hybridized carbons (Fsp3) is 0.474. The summed E-state index contributed by atoms with van der Waals surface area (Å²) in [5.41, 5.74) is 1.77. The van der Waals surface area contributed by atoms with Gasteiger partial charge in [0.1, 0.15) is 5.69 Å². The van der Waals surface area contributed by atoms with Crippen molar-refractivity contribution in [2.24, 2.45) is 5.92 Å². The number of para-hydroxylation sites is 1. The number of benzene rings is 1. The van der Waals surface area contributed by atoms with Crippen molar-refractivity contribution in [3.05, 3.63) is 35.5 Å². The van der Waals surface area contributed by atoms with Gasteiger partial charge in [-0.15, -0.1) is 0 Å². The zero-order valence-corrected chi connectivity index (χ0v) is 14.3. The molecule has 0 spiro atoms. The van der Waals surface area contributed by atoms with Crippen LogP contribution in [-0.2, 0) is 17.8 Å². The maximum Gasteiger partial charge on any atom is 0.352 e. The summed E-state index contributed by atoms with van der Waals surface area (Å²) in [6, 6.07) is 7.63. The third-order valence-corrected chi connectivity index (χ3v) is 4.93. The van der Waals surface area contributed by atoms with Gasteiger partial charge < -0.3 is 14.6 Å². The number of hydrogen-bond acceptors (Lipinski definition) is 2. The molecule has 1 aromatic carbocycles. The molecule has 0 saturated carbocycles. The van der Waals surface area contributed by atoms with Crippen molar-refractivity contribution in [1.29, 1.82) is 0 Å². The molecule has 5 heteroatoms. The Bertz CT molecular complexity index is 778. The molecular weight excluding hydrogens is 304 g/mol. The zero-order chi connectivity index (χ0) is 17.3. The maximum atomic E-state index is 12.8. The van der Waals surface area contributed by atoms with Crippen molar-refractivity contribution in [1.82, 2.24) is 9.47 Å². The Hall–Kier alpha value is -2.30. The van der Waals surface area contributed by atoms with Gasteiger partial charge in [0.15, 0.2) is 0 Å². The average Bonchev–Trinajstić information content (AvgIpc) is 2.89. The summed E-state index contributed by atoms with van der Waals surface area (Å²) < 4.78 is 1.79. The summed E-state index contributed by atoms with van der Waals surface area (Å²) in [4.78, 5) is 26.5. The Morgan fingerprint density at radius 3 is 2.71 bits per heavy atom. The lowest BCUT2D eigenvalue weighted by molar-refractivity contribution is -0.132. The molecule has 1 amide bonds. The number of nitrogens with zero attached hydrogens (tertiary/aromatic N) is 2. The fourth-order valence-electron chi connectivity index (χ4n) is 3.81. The third kappa shape index (κ3) is 2.90. The average molecular weight is 328 g/mol. The van der Waals surface area contributed by atoms with Gasteiger partial charge in [-0.1, -0.05) is 25.1 Å². The van der Waals surface area contributed by atoms with E-state index in [0.29, 0.717) is 18.0 Å². The molecule has 2 aromatic rings. The number of rotatable bonds is 4. The van der Waals surface area contributed by atoms with Crippen LogP contribution in [0.4, 0.5) is 0 Å². The number of likely N-dealkylation sites (tertiary alicyclic amines) is 1. The molecule has 1 saturated heterocycles. The number of carbonyl (C=O) groups excluding carboxylic acids is 1. The molecule has 0 radical (unpaired) electrons. The van der Waals surface area contributed by atoms with Crippen LogP contribution in [0.2, 0.25) is 0 Å². The van der Waals surface area contributed by atoms with Crippen molar-refractivity contribution >= 4 is 22.8 Å². The molecule has 5 nitrogen and oxygen atoms in total. The number of fused-ring (bicyclic) bond motifs is 1. The normalized spacial score (nSPS) is 18.1. The van der Waals surface area contributed by atoms with E-state index in [1.165, 1.54) is 0 Å². The first-order chi connectivity index (χ1) is 11.5. The monoisotopic (exact) mass is 328 g/mol. The van der Waals surface area contributed by atoms with Gasteiger partial charge in [0.2, 0.25) is 5.91 Å². The molecule has 3 rings (SSSR count). The molecule has 1 aliphatic rings. The van der Waals surface area contributed by atoms with Gasteiger partial charge in [-0.25, -0.2) is 4.79 Å². The Morgan fingerprint density at radius 1 is 1.29 bits per heavy atom. The van der Waals surface area contributed by atoms with Crippen molar-refractivity contribution in [3.63, 3.8) is 0 Å². The molecule has 1 aromatic heterocycles. The maximum absolute atomic E-state index is 12.8. The minimum atomic E-state index is -0.970. The van der Waals surface area contributed by atoms with E-state index in [0.717, 1.165) is 36.8 Å². The van der Waals surface area contributed by atoms with E-state index < -0.39 is 5.97 Å². The van der Waals surface area contributed by atoms with E-state index in [4.69, 9.17) is 0 Å². The summed E-state index contributed by atoms with van der Waals surface area (Å²) >= 11 is 0. The largest absolute Gasteiger partial charge is 0.477 e. The number of carbonyl (C=O) groups is 2. The summed E-state index contributed by atoms with van der Waals surface area (Å²) in [7, 11) is 0. The first kappa shape index (κ1) is 16.6. The van der Waals surface area contributed by atoms with E-state index in [-0.39, 0.29) is 18.0 Å². The first-order valence-corrected chi connectivity index (χ1v) is 8.64. The van der Waals surface area contributed by atoms with Crippen LogP contribution in [0, 0.1) is 5.92 Å². The Labute approximate surface area is 141 Å². The van der Waals surface area contributed by atoms with Crippen molar-refractivity contribution in [3.8, 4) is 0 Å². The summed E-state index contributed by atoms with van der Waals surface area (Å²) in [5, 5.41) is 10.6. The number of piperidine rings is 1. The highest BCUT2D eigenvalue weighted by Crippen LogP contribution is 2.28. The van der Waals surface area contributed by atoms with E-state index in [1.54, 1.807) is 4.57 Å². The van der Waals surface area contributed by atoms with Gasteiger partial charge in [0, 0.05) is 36.1 Å².